The van der Waals surface area contributed by atoms with Crippen LogP contribution in [0.15, 0.2) is 40.1 Å². The SMILES string of the molecule is CNCC(Sc1nc(C)cs1)c1ccccc1. The molecule has 0 aliphatic rings. The van der Waals surface area contributed by atoms with Crippen molar-refractivity contribution in [2.75, 3.05) is 13.6 Å². The number of nitrogens with zero attached hydrogens (tertiary/aromatic N) is 1. The van der Waals surface area contributed by atoms with Crippen LogP contribution in [0.25, 0.3) is 0 Å². The lowest BCUT2D eigenvalue weighted by Gasteiger charge is -2.14. The molecule has 90 valence electrons. The topological polar surface area (TPSA) is 24.9 Å². The Morgan fingerprint density at radius 2 is 2.12 bits per heavy atom. The van der Waals surface area contributed by atoms with Crippen LogP contribution in [0.2, 0.25) is 0 Å². The zero-order valence-corrected chi connectivity index (χ0v) is 11.6. The van der Waals surface area contributed by atoms with Gasteiger partial charge in [0.05, 0.1) is 0 Å². The molecule has 0 aliphatic carbocycles. The lowest BCUT2D eigenvalue weighted by molar-refractivity contribution is 0.777. The lowest BCUT2D eigenvalue weighted by Crippen LogP contribution is -2.14. The van der Waals surface area contributed by atoms with Gasteiger partial charge in [-0.1, -0.05) is 42.1 Å². The van der Waals surface area contributed by atoms with Gasteiger partial charge in [0.15, 0.2) is 4.34 Å². The van der Waals surface area contributed by atoms with Crippen molar-refractivity contribution in [3.8, 4) is 0 Å². The van der Waals surface area contributed by atoms with E-state index in [2.05, 4.69) is 46.0 Å². The molecule has 0 radical (unpaired) electrons. The first-order chi connectivity index (χ1) is 8.29. The number of aryl methyl sites for hydroxylation is 1. The maximum absolute atomic E-state index is 4.51. The van der Waals surface area contributed by atoms with E-state index < -0.39 is 0 Å². The third-order valence-electron chi connectivity index (χ3n) is 2.40. The number of rotatable bonds is 5. The van der Waals surface area contributed by atoms with E-state index in [-0.39, 0.29) is 0 Å². The zero-order valence-electron chi connectivity index (χ0n) is 10.0. The highest BCUT2D eigenvalue weighted by atomic mass is 32.2. The molecule has 0 aliphatic heterocycles. The second-order valence-corrected chi connectivity index (χ2v) is 6.14. The van der Waals surface area contributed by atoms with Crippen molar-refractivity contribution in [3.05, 3.63) is 47.0 Å². The normalized spacial score (nSPS) is 12.6. The molecule has 17 heavy (non-hydrogen) atoms. The highest BCUT2D eigenvalue weighted by Gasteiger charge is 2.13. The maximum Gasteiger partial charge on any atom is 0.150 e. The molecule has 2 nitrogen and oxygen atoms in total. The molecule has 0 amide bonds. The fourth-order valence-corrected chi connectivity index (χ4v) is 3.81. The van der Waals surface area contributed by atoms with Gasteiger partial charge < -0.3 is 5.32 Å². The average Bonchev–Trinajstić information content (AvgIpc) is 2.75. The zero-order chi connectivity index (χ0) is 12.1. The van der Waals surface area contributed by atoms with Gasteiger partial charge in [-0.05, 0) is 19.5 Å². The monoisotopic (exact) mass is 264 g/mol. The van der Waals surface area contributed by atoms with Crippen LogP contribution in [0.3, 0.4) is 0 Å². The van der Waals surface area contributed by atoms with Crippen molar-refractivity contribution in [1.29, 1.82) is 0 Å². The average molecular weight is 264 g/mol. The summed E-state index contributed by atoms with van der Waals surface area (Å²) in [4.78, 5) is 4.51. The van der Waals surface area contributed by atoms with Crippen LogP contribution in [0.1, 0.15) is 16.5 Å². The largest absolute Gasteiger partial charge is 0.318 e. The molecule has 1 aromatic heterocycles. The number of thioether (sulfide) groups is 1. The Labute approximate surface area is 110 Å². The second kappa shape index (κ2) is 6.19. The fourth-order valence-electron chi connectivity index (χ4n) is 1.59. The molecular formula is C13H16N2S2. The Balaban J connectivity index is 2.13. The maximum atomic E-state index is 4.51. The lowest BCUT2D eigenvalue weighted by atomic mass is 10.1. The van der Waals surface area contributed by atoms with Gasteiger partial charge in [-0.25, -0.2) is 4.98 Å². The van der Waals surface area contributed by atoms with E-state index in [0.29, 0.717) is 5.25 Å². The number of thiazole rings is 1. The van der Waals surface area contributed by atoms with Crippen molar-refractivity contribution in [2.24, 2.45) is 0 Å². The van der Waals surface area contributed by atoms with Crippen LogP contribution < -0.4 is 5.32 Å². The van der Waals surface area contributed by atoms with Crippen molar-refractivity contribution >= 4 is 23.1 Å². The Hall–Kier alpha value is -0.840. The summed E-state index contributed by atoms with van der Waals surface area (Å²) in [7, 11) is 1.99. The highest BCUT2D eigenvalue weighted by Crippen LogP contribution is 2.36. The van der Waals surface area contributed by atoms with Crippen molar-refractivity contribution in [2.45, 2.75) is 16.5 Å². The van der Waals surface area contributed by atoms with Gasteiger partial charge in [0, 0.05) is 22.9 Å². The number of likely N-dealkylation sites (N-methyl/N-ethyl adjacent to an activating group) is 1. The smallest absolute Gasteiger partial charge is 0.150 e. The second-order valence-electron chi connectivity index (χ2n) is 3.83. The quantitative estimate of drug-likeness (QED) is 0.837. The molecule has 0 fully saturated rings. The van der Waals surface area contributed by atoms with Crippen molar-refractivity contribution in [1.82, 2.24) is 10.3 Å². The molecule has 2 rings (SSSR count). The third-order valence-corrected chi connectivity index (χ3v) is 4.75. The highest BCUT2D eigenvalue weighted by molar-refractivity contribution is 8.01. The van der Waals surface area contributed by atoms with Crippen LogP contribution in [-0.4, -0.2) is 18.6 Å². The summed E-state index contributed by atoms with van der Waals surface area (Å²) >= 11 is 3.55. The van der Waals surface area contributed by atoms with Crippen LogP contribution in [0, 0.1) is 6.92 Å². The summed E-state index contributed by atoms with van der Waals surface area (Å²) in [6.07, 6.45) is 0. The standard InChI is InChI=1S/C13H16N2S2/c1-10-9-16-13(15-10)17-12(8-14-2)11-6-4-3-5-7-11/h3-7,9,12,14H,8H2,1-2H3. The fraction of sp³-hybridized carbons (Fsp3) is 0.308. The van der Waals surface area contributed by atoms with E-state index in [9.17, 15) is 0 Å². The molecule has 0 saturated heterocycles. The van der Waals surface area contributed by atoms with Crippen LogP contribution >= 0.6 is 23.1 Å². The van der Waals surface area contributed by atoms with Crippen molar-refractivity contribution in [3.63, 3.8) is 0 Å². The summed E-state index contributed by atoms with van der Waals surface area (Å²) in [5.41, 5.74) is 2.45. The van der Waals surface area contributed by atoms with E-state index in [4.69, 9.17) is 0 Å². The Morgan fingerprint density at radius 1 is 1.35 bits per heavy atom. The van der Waals surface area contributed by atoms with Gasteiger partial charge in [-0.2, -0.15) is 0 Å². The van der Waals surface area contributed by atoms with Gasteiger partial charge in [-0.3, -0.25) is 0 Å². The molecular weight excluding hydrogens is 248 g/mol. The Kier molecular flexibility index (Phi) is 4.59. The van der Waals surface area contributed by atoms with Gasteiger partial charge in [0.25, 0.3) is 0 Å². The minimum atomic E-state index is 0.423. The van der Waals surface area contributed by atoms with E-state index in [1.165, 1.54) is 5.56 Å². The molecule has 1 aromatic carbocycles. The van der Waals surface area contributed by atoms with Gasteiger partial charge in [-0.15, -0.1) is 11.3 Å². The Bertz CT molecular complexity index is 453. The molecule has 0 saturated carbocycles. The van der Waals surface area contributed by atoms with Gasteiger partial charge in [0.2, 0.25) is 0 Å². The van der Waals surface area contributed by atoms with E-state index in [1.54, 1.807) is 11.3 Å². The molecule has 1 unspecified atom stereocenters. The molecule has 1 heterocycles. The summed E-state index contributed by atoms with van der Waals surface area (Å²) in [6, 6.07) is 10.6. The number of hydrogen-bond acceptors (Lipinski definition) is 4. The summed E-state index contributed by atoms with van der Waals surface area (Å²) in [5.74, 6) is 0. The summed E-state index contributed by atoms with van der Waals surface area (Å²) in [5, 5.41) is 5.77. The van der Waals surface area contributed by atoms with Gasteiger partial charge in [0.1, 0.15) is 0 Å². The van der Waals surface area contributed by atoms with Gasteiger partial charge >= 0.3 is 0 Å². The van der Waals surface area contributed by atoms with Crippen molar-refractivity contribution < 1.29 is 0 Å². The van der Waals surface area contributed by atoms with E-state index in [0.717, 1.165) is 16.6 Å². The first-order valence-corrected chi connectivity index (χ1v) is 7.34. The summed E-state index contributed by atoms with van der Waals surface area (Å²) < 4.78 is 1.15. The number of hydrogen-bond donors (Lipinski definition) is 1. The minimum Gasteiger partial charge on any atom is -0.318 e. The van der Waals surface area contributed by atoms with Crippen LogP contribution in [0.4, 0.5) is 0 Å². The predicted octanol–water partition coefficient (Wildman–Crippen LogP) is 3.50. The minimum absolute atomic E-state index is 0.423. The van der Waals surface area contributed by atoms with E-state index >= 15 is 0 Å². The first kappa shape index (κ1) is 12.6. The molecule has 1 atom stereocenters. The van der Waals surface area contributed by atoms with E-state index in [1.807, 2.05) is 25.7 Å². The molecule has 2 aromatic rings. The number of benzene rings is 1. The summed E-state index contributed by atoms with van der Waals surface area (Å²) in [6.45, 7) is 2.99. The molecule has 4 heteroatoms. The number of aromatic nitrogens is 1. The predicted molar refractivity (Wildman–Crippen MR) is 75.8 cm³/mol. The molecule has 1 N–H and O–H groups in total. The van der Waals surface area contributed by atoms with Crippen LogP contribution in [-0.2, 0) is 0 Å². The molecule has 0 spiro atoms. The molecule has 0 bridgehead atoms. The third kappa shape index (κ3) is 3.56. The Morgan fingerprint density at radius 3 is 2.71 bits per heavy atom. The number of nitrogens with one attached hydrogen (secondary N) is 1. The first-order valence-electron chi connectivity index (χ1n) is 5.58. The van der Waals surface area contributed by atoms with Crippen LogP contribution in [0.5, 0.6) is 0 Å².